The SMILES string of the molecule is Cc1[nH]c(=O)c(Br)cc1C(F)(F)F. The first kappa shape index (κ1) is 10.3. The molecule has 0 aliphatic rings. The molecule has 0 unspecified atom stereocenters. The van der Waals surface area contributed by atoms with Crippen LogP contribution in [-0.2, 0) is 6.18 Å². The first-order valence-corrected chi connectivity index (χ1v) is 4.08. The Kier molecular flexibility index (Phi) is 2.51. The Bertz CT molecular complexity index is 382. The number of rotatable bonds is 0. The predicted molar refractivity (Wildman–Crippen MR) is 44.5 cm³/mol. The maximum Gasteiger partial charge on any atom is 0.418 e. The van der Waals surface area contributed by atoms with Gasteiger partial charge in [0.25, 0.3) is 5.56 Å². The van der Waals surface area contributed by atoms with Crippen molar-refractivity contribution in [3.8, 4) is 0 Å². The molecule has 2 nitrogen and oxygen atoms in total. The standard InChI is InChI=1S/C7H5BrF3NO/c1-3-4(7(9,10)11)2-5(8)6(13)12-3/h2H,1H3,(H,12,13). The van der Waals surface area contributed by atoms with Gasteiger partial charge in [-0.1, -0.05) is 0 Å². The van der Waals surface area contributed by atoms with Gasteiger partial charge in [0, 0.05) is 5.69 Å². The highest BCUT2D eigenvalue weighted by molar-refractivity contribution is 9.10. The molecule has 1 heterocycles. The molecule has 0 radical (unpaired) electrons. The minimum atomic E-state index is -4.43. The fraction of sp³-hybridized carbons (Fsp3) is 0.286. The summed E-state index contributed by atoms with van der Waals surface area (Å²) >= 11 is 2.73. The summed E-state index contributed by atoms with van der Waals surface area (Å²) in [7, 11) is 0. The Morgan fingerprint density at radius 2 is 2.00 bits per heavy atom. The Morgan fingerprint density at radius 1 is 1.46 bits per heavy atom. The zero-order valence-corrected chi connectivity index (χ0v) is 8.08. The van der Waals surface area contributed by atoms with E-state index in [2.05, 4.69) is 20.9 Å². The number of aryl methyl sites for hydroxylation is 1. The third kappa shape index (κ3) is 2.12. The quantitative estimate of drug-likeness (QED) is 0.759. The van der Waals surface area contributed by atoms with Gasteiger partial charge in [0.05, 0.1) is 10.0 Å². The van der Waals surface area contributed by atoms with E-state index in [9.17, 15) is 18.0 Å². The van der Waals surface area contributed by atoms with Crippen LogP contribution in [0.5, 0.6) is 0 Å². The summed E-state index contributed by atoms with van der Waals surface area (Å²) in [6.07, 6.45) is -4.43. The molecule has 0 saturated carbocycles. The van der Waals surface area contributed by atoms with E-state index in [1.807, 2.05) is 0 Å². The van der Waals surface area contributed by atoms with E-state index >= 15 is 0 Å². The highest BCUT2D eigenvalue weighted by Gasteiger charge is 2.33. The molecule has 1 aromatic heterocycles. The van der Waals surface area contributed by atoms with Gasteiger partial charge in [-0.2, -0.15) is 13.2 Å². The van der Waals surface area contributed by atoms with Crippen LogP contribution in [0, 0.1) is 6.92 Å². The lowest BCUT2D eigenvalue weighted by Gasteiger charge is -2.09. The van der Waals surface area contributed by atoms with E-state index < -0.39 is 17.3 Å². The fourth-order valence-corrected chi connectivity index (χ4v) is 1.22. The lowest BCUT2D eigenvalue weighted by Crippen LogP contribution is -2.16. The average molecular weight is 256 g/mol. The van der Waals surface area contributed by atoms with Crippen LogP contribution >= 0.6 is 15.9 Å². The summed E-state index contributed by atoms with van der Waals surface area (Å²) in [6.45, 7) is 1.21. The third-order valence-electron chi connectivity index (χ3n) is 1.50. The molecule has 0 atom stereocenters. The van der Waals surface area contributed by atoms with E-state index in [1.165, 1.54) is 6.92 Å². The highest BCUT2D eigenvalue weighted by Crippen LogP contribution is 2.31. The normalized spacial score (nSPS) is 11.8. The predicted octanol–water partition coefficient (Wildman–Crippen LogP) is 2.46. The molecule has 72 valence electrons. The molecule has 0 bridgehead atoms. The highest BCUT2D eigenvalue weighted by atomic mass is 79.9. The molecule has 1 rings (SSSR count). The van der Waals surface area contributed by atoms with Crippen molar-refractivity contribution in [2.75, 3.05) is 0 Å². The van der Waals surface area contributed by atoms with E-state index in [0.29, 0.717) is 0 Å². The van der Waals surface area contributed by atoms with Crippen LogP contribution in [0.3, 0.4) is 0 Å². The number of pyridine rings is 1. The Hall–Kier alpha value is -0.780. The van der Waals surface area contributed by atoms with Gasteiger partial charge in [0.2, 0.25) is 0 Å². The summed E-state index contributed by atoms with van der Waals surface area (Å²) in [6, 6.07) is 0.772. The maximum atomic E-state index is 12.2. The number of aromatic amines is 1. The van der Waals surface area contributed by atoms with Crippen LogP contribution in [0.4, 0.5) is 13.2 Å². The first-order chi connectivity index (χ1) is 5.82. The molecular formula is C7H5BrF3NO. The van der Waals surface area contributed by atoms with Crippen molar-refractivity contribution in [2.45, 2.75) is 13.1 Å². The molecule has 6 heteroatoms. The number of aromatic nitrogens is 1. The van der Waals surface area contributed by atoms with Crippen LogP contribution in [-0.4, -0.2) is 4.98 Å². The van der Waals surface area contributed by atoms with Crippen molar-refractivity contribution < 1.29 is 13.2 Å². The summed E-state index contributed by atoms with van der Waals surface area (Å²) in [4.78, 5) is 12.9. The molecule has 0 aliphatic heterocycles. The molecule has 0 fully saturated rings. The van der Waals surface area contributed by atoms with Gasteiger partial charge in [0.1, 0.15) is 0 Å². The molecule has 13 heavy (non-hydrogen) atoms. The summed E-state index contributed by atoms with van der Waals surface area (Å²) < 4.78 is 36.5. The average Bonchev–Trinajstić information content (AvgIpc) is 1.94. The molecule has 0 aliphatic carbocycles. The van der Waals surface area contributed by atoms with Crippen molar-refractivity contribution in [1.82, 2.24) is 4.98 Å². The smallest absolute Gasteiger partial charge is 0.325 e. The second kappa shape index (κ2) is 3.17. The number of H-pyrrole nitrogens is 1. The Morgan fingerprint density at radius 3 is 2.46 bits per heavy atom. The molecule has 0 aromatic carbocycles. The Labute approximate surface area is 79.9 Å². The van der Waals surface area contributed by atoms with Crippen LogP contribution in [0.2, 0.25) is 0 Å². The fourth-order valence-electron chi connectivity index (χ4n) is 0.892. The van der Waals surface area contributed by atoms with Gasteiger partial charge in [-0.25, -0.2) is 0 Å². The molecule has 0 saturated heterocycles. The minimum absolute atomic E-state index is 0.120. The second-order valence-electron chi connectivity index (χ2n) is 2.48. The van der Waals surface area contributed by atoms with E-state index in [0.717, 1.165) is 6.07 Å². The largest absolute Gasteiger partial charge is 0.418 e. The zero-order chi connectivity index (χ0) is 10.2. The number of alkyl halides is 3. The van der Waals surface area contributed by atoms with Gasteiger partial charge in [-0.05, 0) is 28.9 Å². The summed E-state index contributed by atoms with van der Waals surface area (Å²) in [5.41, 5.74) is -1.58. The zero-order valence-electron chi connectivity index (χ0n) is 6.50. The van der Waals surface area contributed by atoms with E-state index in [1.54, 1.807) is 0 Å². The molecule has 1 N–H and O–H groups in total. The van der Waals surface area contributed by atoms with Crippen molar-refractivity contribution in [2.24, 2.45) is 0 Å². The number of halogens is 4. The van der Waals surface area contributed by atoms with Gasteiger partial charge in [0.15, 0.2) is 0 Å². The summed E-state index contributed by atoms with van der Waals surface area (Å²) in [5.74, 6) is 0. The second-order valence-corrected chi connectivity index (χ2v) is 3.34. The van der Waals surface area contributed by atoms with Gasteiger partial charge >= 0.3 is 6.18 Å². The maximum absolute atomic E-state index is 12.2. The van der Waals surface area contributed by atoms with Crippen LogP contribution in [0.15, 0.2) is 15.3 Å². The van der Waals surface area contributed by atoms with Gasteiger partial charge in [-0.3, -0.25) is 4.79 Å². The van der Waals surface area contributed by atoms with Crippen molar-refractivity contribution in [3.05, 3.63) is 32.2 Å². The van der Waals surface area contributed by atoms with E-state index in [4.69, 9.17) is 0 Å². The third-order valence-corrected chi connectivity index (χ3v) is 2.09. The molecule has 0 spiro atoms. The molecule has 1 aromatic rings. The number of hydrogen-bond donors (Lipinski definition) is 1. The first-order valence-electron chi connectivity index (χ1n) is 3.29. The lowest BCUT2D eigenvalue weighted by molar-refractivity contribution is -0.138. The van der Waals surface area contributed by atoms with Crippen molar-refractivity contribution in [1.29, 1.82) is 0 Å². The molecule has 0 amide bonds. The van der Waals surface area contributed by atoms with E-state index in [-0.39, 0.29) is 10.2 Å². The van der Waals surface area contributed by atoms with Crippen LogP contribution in [0.1, 0.15) is 11.3 Å². The van der Waals surface area contributed by atoms with Crippen LogP contribution in [0.25, 0.3) is 0 Å². The van der Waals surface area contributed by atoms with Gasteiger partial charge in [-0.15, -0.1) is 0 Å². The summed E-state index contributed by atoms with van der Waals surface area (Å²) in [5, 5.41) is 0. The monoisotopic (exact) mass is 255 g/mol. The van der Waals surface area contributed by atoms with Gasteiger partial charge < -0.3 is 4.98 Å². The number of hydrogen-bond acceptors (Lipinski definition) is 1. The topological polar surface area (TPSA) is 32.9 Å². The minimum Gasteiger partial charge on any atom is -0.325 e. The Balaban J connectivity index is 3.41. The number of nitrogens with one attached hydrogen (secondary N) is 1. The van der Waals surface area contributed by atoms with Crippen LogP contribution < -0.4 is 5.56 Å². The molecular weight excluding hydrogens is 251 g/mol. The van der Waals surface area contributed by atoms with Crippen molar-refractivity contribution >= 4 is 15.9 Å². The lowest BCUT2D eigenvalue weighted by atomic mass is 10.2. The van der Waals surface area contributed by atoms with Crippen molar-refractivity contribution in [3.63, 3.8) is 0 Å².